The maximum absolute atomic E-state index is 14.8. The van der Waals surface area contributed by atoms with E-state index in [9.17, 15) is 28.8 Å². The quantitative estimate of drug-likeness (QED) is 0.229. The smallest absolute Gasteiger partial charge is 0.289 e. The summed E-state index contributed by atoms with van der Waals surface area (Å²) in [7, 11) is 0. The van der Waals surface area contributed by atoms with Crippen LogP contribution in [0.5, 0.6) is 0 Å². The van der Waals surface area contributed by atoms with Crippen molar-refractivity contribution in [1.29, 1.82) is 0 Å². The Kier molecular flexibility index (Phi) is 12.3. The number of rotatable bonds is 13. The molecular weight excluding hydrogens is 636 g/mol. The lowest BCUT2D eigenvalue weighted by molar-refractivity contribution is -0.147. The molecule has 3 aliphatic carbocycles. The van der Waals surface area contributed by atoms with Crippen LogP contribution in [0.3, 0.4) is 0 Å². The first-order valence-corrected chi connectivity index (χ1v) is 18.9. The lowest BCUT2D eigenvalue weighted by Crippen LogP contribution is -2.63. The van der Waals surface area contributed by atoms with Gasteiger partial charge in [0.1, 0.15) is 18.1 Å². The molecule has 1 aromatic rings. The van der Waals surface area contributed by atoms with Gasteiger partial charge in [0.25, 0.3) is 11.8 Å². The van der Waals surface area contributed by atoms with Gasteiger partial charge in [0.05, 0.1) is 11.6 Å². The zero-order valence-corrected chi connectivity index (χ0v) is 30.2. The molecule has 50 heavy (non-hydrogen) atoms. The molecule has 5 amide bonds. The topological polar surface area (TPSA) is 167 Å². The molecule has 5 rings (SSSR count). The minimum absolute atomic E-state index is 0.0152. The number of nitrogens with one attached hydrogen (secondary N) is 4. The summed E-state index contributed by atoms with van der Waals surface area (Å²) in [6, 6.07) is -0.486. The van der Waals surface area contributed by atoms with Crippen LogP contribution in [0.4, 0.5) is 0 Å². The summed E-state index contributed by atoms with van der Waals surface area (Å²) in [5, 5.41) is 11.6. The first-order chi connectivity index (χ1) is 23.9. The van der Waals surface area contributed by atoms with Gasteiger partial charge < -0.3 is 26.2 Å². The molecule has 2 heterocycles. The van der Waals surface area contributed by atoms with E-state index in [1.165, 1.54) is 6.20 Å². The van der Waals surface area contributed by atoms with Gasteiger partial charge in [-0.25, -0.2) is 0 Å². The van der Waals surface area contributed by atoms with Crippen molar-refractivity contribution in [3.63, 3.8) is 0 Å². The summed E-state index contributed by atoms with van der Waals surface area (Å²) >= 11 is 0. The third kappa shape index (κ3) is 9.09. The van der Waals surface area contributed by atoms with E-state index < -0.39 is 59.0 Å². The number of amides is 5. The fourth-order valence-electron chi connectivity index (χ4n) is 8.10. The normalized spacial score (nSPS) is 24.2. The van der Waals surface area contributed by atoms with Gasteiger partial charge >= 0.3 is 0 Å². The Morgan fingerprint density at radius 2 is 1.60 bits per heavy atom. The van der Waals surface area contributed by atoms with Crippen LogP contribution in [0, 0.1) is 17.3 Å². The van der Waals surface area contributed by atoms with E-state index in [1.54, 1.807) is 23.2 Å². The lowest BCUT2D eigenvalue weighted by atomic mass is 9.81. The molecule has 274 valence electrons. The molecule has 3 saturated carbocycles. The monoisotopic (exact) mass is 692 g/mol. The van der Waals surface area contributed by atoms with Crippen LogP contribution < -0.4 is 21.3 Å². The molecule has 1 aromatic heterocycles. The fourth-order valence-corrected chi connectivity index (χ4v) is 8.10. The minimum atomic E-state index is -0.983. The van der Waals surface area contributed by atoms with E-state index in [-0.39, 0.29) is 29.8 Å². The average molecular weight is 693 g/mol. The van der Waals surface area contributed by atoms with Crippen molar-refractivity contribution in [2.45, 2.75) is 154 Å². The molecule has 3 unspecified atom stereocenters. The molecule has 12 heteroatoms. The van der Waals surface area contributed by atoms with Crippen LogP contribution in [0.2, 0.25) is 0 Å². The zero-order valence-electron chi connectivity index (χ0n) is 30.2. The lowest BCUT2D eigenvalue weighted by Gasteiger charge is -2.40. The Labute approximate surface area is 296 Å². The predicted octanol–water partition coefficient (Wildman–Crippen LogP) is 3.58. The SMILES string of the molecule is CCC[C@H](NC(=O)[C@@H]1CC2CCCCC2N1C(=O)[C@@H](NC(=O)C(NC(=O)c1cccnc1)C1CCCCC1)C(C)(C)C)C(=O)C(=O)NC1CC1. The van der Waals surface area contributed by atoms with Crippen LogP contribution in [-0.4, -0.2) is 81.5 Å². The maximum atomic E-state index is 14.8. The van der Waals surface area contributed by atoms with Gasteiger partial charge in [-0.2, -0.15) is 0 Å². The molecule has 0 aromatic carbocycles. The summed E-state index contributed by atoms with van der Waals surface area (Å²) in [6.45, 7) is 7.55. The van der Waals surface area contributed by atoms with E-state index >= 15 is 0 Å². The molecule has 1 aliphatic heterocycles. The van der Waals surface area contributed by atoms with E-state index in [1.807, 2.05) is 27.7 Å². The first-order valence-electron chi connectivity index (χ1n) is 18.9. The van der Waals surface area contributed by atoms with Crippen LogP contribution in [0.25, 0.3) is 0 Å². The number of ketones is 1. The molecule has 6 atom stereocenters. The number of Topliss-reactive ketones (excluding diaryl/α,β-unsaturated/α-hetero) is 1. The predicted molar refractivity (Wildman–Crippen MR) is 187 cm³/mol. The van der Waals surface area contributed by atoms with Gasteiger partial charge in [0.15, 0.2) is 0 Å². The van der Waals surface area contributed by atoms with Crippen LogP contribution in [-0.2, 0) is 24.0 Å². The molecule has 4 aliphatic rings. The second-order valence-corrected chi connectivity index (χ2v) is 16.0. The van der Waals surface area contributed by atoms with E-state index in [0.717, 1.165) is 70.6 Å². The molecule has 0 spiro atoms. The molecule has 1 saturated heterocycles. The maximum Gasteiger partial charge on any atom is 0.289 e. The third-order valence-electron chi connectivity index (χ3n) is 11.0. The van der Waals surface area contributed by atoms with E-state index in [2.05, 4.69) is 26.3 Å². The van der Waals surface area contributed by atoms with Gasteiger partial charge in [-0.15, -0.1) is 0 Å². The second-order valence-electron chi connectivity index (χ2n) is 16.0. The van der Waals surface area contributed by atoms with Crippen molar-refractivity contribution in [2.24, 2.45) is 17.3 Å². The summed E-state index contributed by atoms with van der Waals surface area (Å²) in [6.07, 6.45) is 14.2. The molecule has 12 nitrogen and oxygen atoms in total. The number of pyridine rings is 1. The summed E-state index contributed by atoms with van der Waals surface area (Å²) in [5.41, 5.74) is -0.379. The highest BCUT2D eigenvalue weighted by Crippen LogP contribution is 2.41. The summed E-state index contributed by atoms with van der Waals surface area (Å²) < 4.78 is 0. The highest BCUT2D eigenvalue weighted by atomic mass is 16.2. The van der Waals surface area contributed by atoms with Gasteiger partial charge in [-0.3, -0.25) is 33.8 Å². The number of fused-ring (bicyclic) bond motifs is 1. The van der Waals surface area contributed by atoms with Gasteiger partial charge in [0.2, 0.25) is 23.5 Å². The van der Waals surface area contributed by atoms with Crippen molar-refractivity contribution in [1.82, 2.24) is 31.2 Å². The summed E-state index contributed by atoms with van der Waals surface area (Å²) in [5.74, 6) is -2.91. The van der Waals surface area contributed by atoms with Crippen molar-refractivity contribution >= 4 is 35.3 Å². The first kappa shape index (κ1) is 37.4. The highest BCUT2D eigenvalue weighted by molar-refractivity contribution is 6.38. The average Bonchev–Trinajstić information content (AvgIpc) is 3.84. The Hall–Kier alpha value is -3.83. The highest BCUT2D eigenvalue weighted by Gasteiger charge is 2.51. The number of carbonyl (C=O) groups is 6. The molecule has 0 bridgehead atoms. The van der Waals surface area contributed by atoms with Crippen LogP contribution in [0.1, 0.15) is 128 Å². The number of likely N-dealkylation sites (tertiary alicyclic amines) is 1. The Bertz CT molecular complexity index is 1400. The van der Waals surface area contributed by atoms with Crippen LogP contribution >= 0.6 is 0 Å². The number of carbonyl (C=O) groups excluding carboxylic acids is 6. The van der Waals surface area contributed by atoms with Gasteiger partial charge in [-0.1, -0.05) is 66.2 Å². The second kappa shape index (κ2) is 16.5. The Morgan fingerprint density at radius 1 is 0.900 bits per heavy atom. The molecule has 4 N–H and O–H groups in total. The standard InChI is InChI=1S/C38H56N6O6/c1-5-12-27(31(45)36(49)40-26-18-19-26)41-34(47)29-21-24-15-9-10-17-28(24)44(29)37(50)32(38(2,3)4)43-35(48)30(23-13-7-6-8-14-23)42-33(46)25-16-11-20-39-22-25/h11,16,20,22-24,26-30,32H,5-10,12-15,17-19,21H2,1-4H3,(H,40,49)(H,41,47)(H,42,46)(H,43,48)/t24?,27-,28?,29-,30?,32+/m0/s1. The Morgan fingerprint density at radius 3 is 2.24 bits per heavy atom. The molecule has 0 radical (unpaired) electrons. The number of aromatic nitrogens is 1. The summed E-state index contributed by atoms with van der Waals surface area (Å²) in [4.78, 5) is 88.0. The van der Waals surface area contributed by atoms with Gasteiger partial charge in [0, 0.05) is 24.5 Å². The van der Waals surface area contributed by atoms with Gasteiger partial charge in [-0.05, 0) is 80.8 Å². The van der Waals surface area contributed by atoms with Crippen molar-refractivity contribution in [3.8, 4) is 0 Å². The van der Waals surface area contributed by atoms with Crippen molar-refractivity contribution < 1.29 is 28.8 Å². The minimum Gasteiger partial charge on any atom is -0.347 e. The number of nitrogens with zero attached hydrogens (tertiary/aromatic N) is 2. The molecule has 4 fully saturated rings. The van der Waals surface area contributed by atoms with E-state index in [0.29, 0.717) is 24.8 Å². The number of hydrogen-bond donors (Lipinski definition) is 4. The van der Waals surface area contributed by atoms with E-state index in [4.69, 9.17) is 0 Å². The Balaban J connectivity index is 1.38. The number of hydrogen-bond acceptors (Lipinski definition) is 7. The van der Waals surface area contributed by atoms with Crippen molar-refractivity contribution in [3.05, 3.63) is 30.1 Å². The fraction of sp³-hybridized carbons (Fsp3) is 0.711. The third-order valence-corrected chi connectivity index (χ3v) is 11.0. The zero-order chi connectivity index (χ0) is 36.0. The van der Waals surface area contributed by atoms with Crippen LogP contribution in [0.15, 0.2) is 24.5 Å². The van der Waals surface area contributed by atoms with Crippen molar-refractivity contribution in [2.75, 3.05) is 0 Å². The molecular formula is C38H56N6O6. The largest absolute Gasteiger partial charge is 0.347 e.